The molecule has 6 nitrogen and oxygen atoms in total. The lowest BCUT2D eigenvalue weighted by molar-refractivity contribution is 0.536. The number of hydrogen-bond donors (Lipinski definition) is 0. The van der Waals surface area contributed by atoms with Crippen molar-refractivity contribution in [3.05, 3.63) is 61.2 Å². The zero-order chi connectivity index (χ0) is 18.9. The van der Waals surface area contributed by atoms with Gasteiger partial charge in [-0.1, -0.05) is 41.5 Å². The van der Waals surface area contributed by atoms with E-state index in [0.29, 0.717) is 0 Å². The normalized spacial score (nSPS) is 12.2. The molecule has 0 fully saturated rings. The van der Waals surface area contributed by atoms with Gasteiger partial charge >= 0.3 is 0 Å². The Labute approximate surface area is 154 Å². The van der Waals surface area contributed by atoms with Gasteiger partial charge in [0.05, 0.1) is 35.4 Å². The van der Waals surface area contributed by atoms with E-state index in [1.165, 1.54) is 0 Å². The van der Waals surface area contributed by atoms with Crippen molar-refractivity contribution in [2.75, 3.05) is 0 Å². The highest BCUT2D eigenvalue weighted by atomic mass is 15.1. The molecule has 136 valence electrons. The maximum atomic E-state index is 4.39. The molecule has 4 aromatic heterocycles. The molecule has 4 aromatic rings. The fraction of sp³-hybridized carbons (Fsp3) is 0.400. The molecule has 0 saturated carbocycles. The average Bonchev–Trinajstić information content (AvgIpc) is 3.21. The third-order valence-corrected chi connectivity index (χ3v) is 4.06. The maximum Gasteiger partial charge on any atom is 0.119 e. The van der Waals surface area contributed by atoms with Crippen LogP contribution in [0.2, 0.25) is 0 Å². The first kappa shape index (κ1) is 18.0. The van der Waals surface area contributed by atoms with Crippen molar-refractivity contribution < 1.29 is 0 Å². The summed E-state index contributed by atoms with van der Waals surface area (Å²) in [6.07, 6.45) is 12.9. The Morgan fingerprint density at radius 2 is 1.54 bits per heavy atom. The monoisotopic (exact) mass is 350 g/mol. The van der Waals surface area contributed by atoms with E-state index in [1.54, 1.807) is 6.33 Å². The maximum absolute atomic E-state index is 4.39. The lowest BCUT2D eigenvalue weighted by atomic mass is 9.91. The summed E-state index contributed by atoms with van der Waals surface area (Å²) >= 11 is 0. The second-order valence-electron chi connectivity index (χ2n) is 8.42. The molecule has 4 rings (SSSR count). The molecule has 6 heteroatoms. The van der Waals surface area contributed by atoms with Gasteiger partial charge in [0.15, 0.2) is 0 Å². The van der Waals surface area contributed by atoms with Crippen LogP contribution >= 0.6 is 0 Å². The Kier molecular flexibility index (Phi) is 4.52. The Balaban J connectivity index is 0.000000151. The van der Waals surface area contributed by atoms with E-state index >= 15 is 0 Å². The van der Waals surface area contributed by atoms with Gasteiger partial charge in [-0.05, 0) is 6.07 Å². The molecule has 0 aliphatic carbocycles. The molecule has 26 heavy (non-hydrogen) atoms. The first-order chi connectivity index (χ1) is 12.2. The number of hydrogen-bond acceptors (Lipinski definition) is 4. The van der Waals surface area contributed by atoms with Crippen molar-refractivity contribution >= 4 is 11.0 Å². The molecule has 0 amide bonds. The molecule has 0 radical (unpaired) electrons. The summed E-state index contributed by atoms with van der Waals surface area (Å²) in [6.45, 7) is 12.9. The van der Waals surface area contributed by atoms with E-state index in [9.17, 15) is 0 Å². The minimum atomic E-state index is 0.0558. The summed E-state index contributed by atoms with van der Waals surface area (Å²) in [7, 11) is 0. The topological polar surface area (TPSA) is 60.4 Å². The van der Waals surface area contributed by atoms with Crippen molar-refractivity contribution in [1.82, 2.24) is 28.7 Å². The predicted molar refractivity (Wildman–Crippen MR) is 103 cm³/mol. The smallest absolute Gasteiger partial charge is 0.119 e. The summed E-state index contributed by atoms with van der Waals surface area (Å²) in [4.78, 5) is 17.0. The molecule has 0 aliphatic rings. The molecule has 0 unspecified atom stereocenters. The summed E-state index contributed by atoms with van der Waals surface area (Å²) in [5.41, 5.74) is 3.41. The molecule has 0 aromatic carbocycles. The second-order valence-corrected chi connectivity index (χ2v) is 8.42. The zero-order valence-corrected chi connectivity index (χ0v) is 16.3. The quantitative estimate of drug-likeness (QED) is 0.480. The number of rotatable bonds is 0. The Hall–Kier alpha value is -2.76. The lowest BCUT2D eigenvalue weighted by Crippen LogP contribution is -2.17. The van der Waals surface area contributed by atoms with Crippen LogP contribution in [0, 0.1) is 0 Å². The van der Waals surface area contributed by atoms with E-state index in [-0.39, 0.29) is 10.8 Å². The summed E-state index contributed by atoms with van der Waals surface area (Å²) in [5, 5.41) is 0. The zero-order valence-electron chi connectivity index (χ0n) is 16.3. The van der Waals surface area contributed by atoms with Gasteiger partial charge in [0.1, 0.15) is 12.2 Å². The average molecular weight is 350 g/mol. The van der Waals surface area contributed by atoms with Gasteiger partial charge in [-0.25, -0.2) is 15.0 Å². The third kappa shape index (κ3) is 3.59. The fourth-order valence-electron chi connectivity index (χ4n) is 2.84. The van der Waals surface area contributed by atoms with Crippen molar-refractivity contribution in [2.24, 2.45) is 0 Å². The highest BCUT2D eigenvalue weighted by molar-refractivity contribution is 5.52. The van der Waals surface area contributed by atoms with E-state index in [0.717, 1.165) is 22.6 Å². The van der Waals surface area contributed by atoms with Gasteiger partial charge in [0.2, 0.25) is 0 Å². The van der Waals surface area contributed by atoms with Crippen molar-refractivity contribution in [3.8, 4) is 0 Å². The van der Waals surface area contributed by atoms with Gasteiger partial charge in [0.25, 0.3) is 0 Å². The van der Waals surface area contributed by atoms with Crippen molar-refractivity contribution in [2.45, 2.75) is 52.4 Å². The highest BCUT2D eigenvalue weighted by Gasteiger charge is 2.19. The van der Waals surface area contributed by atoms with Gasteiger partial charge < -0.3 is 4.40 Å². The van der Waals surface area contributed by atoms with Crippen LogP contribution in [0.5, 0.6) is 0 Å². The molecule has 0 N–H and O–H groups in total. The predicted octanol–water partition coefficient (Wildman–Crippen LogP) is 4.05. The van der Waals surface area contributed by atoms with Crippen LogP contribution in [0.1, 0.15) is 53.1 Å². The summed E-state index contributed by atoms with van der Waals surface area (Å²) < 4.78 is 4.02. The second kappa shape index (κ2) is 6.52. The van der Waals surface area contributed by atoms with Crippen LogP contribution in [0.4, 0.5) is 0 Å². The van der Waals surface area contributed by atoms with Crippen LogP contribution in [0.25, 0.3) is 11.0 Å². The van der Waals surface area contributed by atoms with Crippen molar-refractivity contribution in [1.29, 1.82) is 0 Å². The highest BCUT2D eigenvalue weighted by Crippen LogP contribution is 2.23. The standard InChI is InChI=1S/2C10H13N3/c1-10(2,3)9-8-6-11-7-13(8)5-4-12-9;1-10(2,3)9-12-5-4-8-6-11-7-13(8)9/h2*4-7H,1-3H3. The fourth-order valence-corrected chi connectivity index (χ4v) is 2.84. The molecule has 0 atom stereocenters. The first-order valence-corrected chi connectivity index (χ1v) is 8.72. The molecule has 0 bridgehead atoms. The SMILES string of the molecule is CC(C)(C)c1nccc2cncn12.CC(C)(C)c1nccn2cncc12. The lowest BCUT2D eigenvalue weighted by Gasteiger charge is -2.18. The number of aromatic nitrogens is 6. The van der Waals surface area contributed by atoms with Gasteiger partial charge in [0, 0.05) is 29.4 Å². The van der Waals surface area contributed by atoms with Crippen LogP contribution < -0.4 is 0 Å². The molecular weight excluding hydrogens is 324 g/mol. The number of nitrogens with zero attached hydrogens (tertiary/aromatic N) is 6. The van der Waals surface area contributed by atoms with Gasteiger partial charge in [-0.15, -0.1) is 0 Å². The van der Waals surface area contributed by atoms with Crippen molar-refractivity contribution in [3.63, 3.8) is 0 Å². The third-order valence-electron chi connectivity index (χ3n) is 4.06. The van der Waals surface area contributed by atoms with E-state index in [4.69, 9.17) is 0 Å². The van der Waals surface area contributed by atoms with Gasteiger partial charge in [-0.3, -0.25) is 9.38 Å². The minimum absolute atomic E-state index is 0.0558. The largest absolute Gasteiger partial charge is 0.303 e. The number of imidazole rings is 2. The first-order valence-electron chi connectivity index (χ1n) is 8.72. The Bertz CT molecular complexity index is 930. The van der Waals surface area contributed by atoms with Crippen LogP contribution in [0.15, 0.2) is 49.7 Å². The summed E-state index contributed by atoms with van der Waals surface area (Å²) in [6, 6.07) is 1.96. The van der Waals surface area contributed by atoms with E-state index in [2.05, 4.69) is 61.5 Å². The molecular formula is C20H26N6. The molecule has 0 aliphatic heterocycles. The minimum Gasteiger partial charge on any atom is -0.303 e. The molecule has 4 heterocycles. The van der Waals surface area contributed by atoms with E-state index < -0.39 is 0 Å². The Morgan fingerprint density at radius 3 is 2.23 bits per heavy atom. The molecule has 0 spiro atoms. The van der Waals surface area contributed by atoms with Crippen LogP contribution in [-0.2, 0) is 10.8 Å². The molecule has 0 saturated heterocycles. The van der Waals surface area contributed by atoms with Gasteiger partial charge in [-0.2, -0.15) is 0 Å². The number of fused-ring (bicyclic) bond motifs is 2. The van der Waals surface area contributed by atoms with Crippen LogP contribution in [-0.4, -0.2) is 28.7 Å². The van der Waals surface area contributed by atoms with Crippen LogP contribution in [0.3, 0.4) is 0 Å². The summed E-state index contributed by atoms with van der Waals surface area (Å²) in [5.74, 6) is 1.04. The Morgan fingerprint density at radius 1 is 0.808 bits per heavy atom. The van der Waals surface area contributed by atoms with E-state index in [1.807, 2.05) is 52.2 Å².